The van der Waals surface area contributed by atoms with E-state index in [1.807, 2.05) is 4.90 Å². The van der Waals surface area contributed by atoms with Crippen LogP contribution in [0.4, 0.5) is 10.1 Å². The molecule has 0 N–H and O–H groups in total. The first kappa shape index (κ1) is 23.0. The summed E-state index contributed by atoms with van der Waals surface area (Å²) in [6, 6.07) is 13.3. The number of amides is 1. The molecule has 2 aromatic rings. The summed E-state index contributed by atoms with van der Waals surface area (Å²) in [5.41, 5.74) is 1.51. The highest BCUT2D eigenvalue weighted by atomic mass is 35.5. The quantitative estimate of drug-likeness (QED) is 0.659. The number of carbonyl (C=O) groups is 1. The summed E-state index contributed by atoms with van der Waals surface area (Å²) >= 11 is 6.15. The van der Waals surface area contributed by atoms with Crippen molar-refractivity contribution in [3.05, 3.63) is 64.9 Å². The Morgan fingerprint density at radius 1 is 1.00 bits per heavy atom. The molecule has 2 aliphatic heterocycles. The highest BCUT2D eigenvalue weighted by molar-refractivity contribution is 7.88. The molecule has 2 aromatic carbocycles. The van der Waals surface area contributed by atoms with Gasteiger partial charge in [0.25, 0.3) is 0 Å². The highest BCUT2D eigenvalue weighted by Gasteiger charge is 2.35. The number of hydrogen-bond donors (Lipinski definition) is 0. The molecule has 0 bridgehead atoms. The summed E-state index contributed by atoms with van der Waals surface area (Å²) in [6.45, 7) is 3.11. The zero-order valence-electron chi connectivity index (χ0n) is 17.8. The van der Waals surface area contributed by atoms with Gasteiger partial charge in [0.1, 0.15) is 5.82 Å². The maximum absolute atomic E-state index is 13.2. The molecule has 0 aliphatic carbocycles. The van der Waals surface area contributed by atoms with Gasteiger partial charge in [0.05, 0.1) is 11.7 Å². The van der Waals surface area contributed by atoms with Gasteiger partial charge in [-0.1, -0.05) is 29.8 Å². The van der Waals surface area contributed by atoms with Crippen molar-refractivity contribution in [2.45, 2.75) is 18.6 Å². The van der Waals surface area contributed by atoms with Crippen molar-refractivity contribution in [1.29, 1.82) is 0 Å². The van der Waals surface area contributed by atoms with Gasteiger partial charge in [-0.3, -0.25) is 4.79 Å². The Morgan fingerprint density at radius 3 is 2.38 bits per heavy atom. The molecular formula is C23H27ClFN3O3S. The lowest BCUT2D eigenvalue weighted by atomic mass is 9.97. The van der Waals surface area contributed by atoms with Gasteiger partial charge in [-0.2, -0.15) is 0 Å². The van der Waals surface area contributed by atoms with E-state index in [-0.39, 0.29) is 29.9 Å². The lowest BCUT2D eigenvalue weighted by Crippen LogP contribution is -2.53. The van der Waals surface area contributed by atoms with Crippen LogP contribution < -0.4 is 4.90 Å². The molecule has 1 amide bonds. The SMILES string of the molecule is O=C(C1CCCN(S(=O)(=O)Cc2ccccc2Cl)C1)N1CCN(c2ccc(F)cc2)CC1. The van der Waals surface area contributed by atoms with Crippen LogP contribution in [0.15, 0.2) is 48.5 Å². The summed E-state index contributed by atoms with van der Waals surface area (Å²) in [4.78, 5) is 17.1. The number of hydrogen-bond acceptors (Lipinski definition) is 4. The standard InChI is InChI=1S/C23H27ClFN3O3S/c24-22-6-2-1-4-19(22)17-32(30,31)28-11-3-5-18(16-28)23(29)27-14-12-26(13-15-27)21-9-7-20(25)8-10-21/h1-2,4,6-10,18H,3,5,11-17H2. The number of carbonyl (C=O) groups excluding carboxylic acids is 1. The molecule has 6 nitrogen and oxygen atoms in total. The molecule has 172 valence electrons. The lowest BCUT2D eigenvalue weighted by molar-refractivity contribution is -0.137. The Kier molecular flexibility index (Phi) is 7.02. The van der Waals surface area contributed by atoms with E-state index < -0.39 is 10.0 Å². The number of halogens is 2. The Hall–Kier alpha value is -2.16. The molecule has 2 saturated heterocycles. The van der Waals surface area contributed by atoms with Crippen LogP contribution in [0.5, 0.6) is 0 Å². The Labute approximate surface area is 193 Å². The second kappa shape index (κ2) is 9.77. The summed E-state index contributed by atoms with van der Waals surface area (Å²) in [5.74, 6) is -0.748. The van der Waals surface area contributed by atoms with Crippen LogP contribution in [-0.2, 0) is 20.6 Å². The summed E-state index contributed by atoms with van der Waals surface area (Å²) in [5, 5.41) is 0.430. The largest absolute Gasteiger partial charge is 0.368 e. The van der Waals surface area contributed by atoms with E-state index in [4.69, 9.17) is 11.6 Å². The van der Waals surface area contributed by atoms with Gasteiger partial charge in [-0.05, 0) is 48.7 Å². The van der Waals surface area contributed by atoms with Crippen LogP contribution in [0, 0.1) is 11.7 Å². The lowest BCUT2D eigenvalue weighted by Gasteiger charge is -2.39. The predicted octanol–water partition coefficient (Wildman–Crippen LogP) is 3.37. The van der Waals surface area contributed by atoms with Gasteiger partial charge in [0.15, 0.2) is 0 Å². The predicted molar refractivity (Wildman–Crippen MR) is 124 cm³/mol. The summed E-state index contributed by atoms with van der Waals surface area (Å²) in [7, 11) is -3.57. The van der Waals surface area contributed by atoms with Crippen molar-refractivity contribution >= 4 is 33.2 Å². The van der Waals surface area contributed by atoms with Crippen LogP contribution >= 0.6 is 11.6 Å². The van der Waals surface area contributed by atoms with Crippen molar-refractivity contribution < 1.29 is 17.6 Å². The monoisotopic (exact) mass is 479 g/mol. The minimum atomic E-state index is -3.57. The third-order valence-electron chi connectivity index (χ3n) is 6.21. The van der Waals surface area contributed by atoms with E-state index >= 15 is 0 Å². The first-order valence-corrected chi connectivity index (χ1v) is 12.8. The van der Waals surface area contributed by atoms with Crippen molar-refractivity contribution in [1.82, 2.24) is 9.21 Å². The van der Waals surface area contributed by atoms with Crippen LogP contribution in [-0.4, -0.2) is 62.8 Å². The van der Waals surface area contributed by atoms with Crippen molar-refractivity contribution in [2.75, 3.05) is 44.2 Å². The molecular weight excluding hydrogens is 453 g/mol. The minimum Gasteiger partial charge on any atom is -0.368 e. The third kappa shape index (κ3) is 5.24. The molecule has 0 aromatic heterocycles. The van der Waals surface area contributed by atoms with Gasteiger partial charge in [-0.25, -0.2) is 17.1 Å². The second-order valence-electron chi connectivity index (χ2n) is 8.33. The zero-order valence-corrected chi connectivity index (χ0v) is 19.4. The van der Waals surface area contributed by atoms with Gasteiger partial charge in [0.2, 0.25) is 15.9 Å². The van der Waals surface area contributed by atoms with E-state index in [9.17, 15) is 17.6 Å². The molecule has 4 rings (SSSR count). The molecule has 1 unspecified atom stereocenters. The van der Waals surface area contributed by atoms with Gasteiger partial charge in [-0.15, -0.1) is 0 Å². The topological polar surface area (TPSA) is 60.9 Å². The van der Waals surface area contributed by atoms with Gasteiger partial charge in [0, 0.05) is 50.0 Å². The molecule has 2 heterocycles. The Balaban J connectivity index is 1.35. The minimum absolute atomic E-state index is 0.0152. The number of rotatable bonds is 5. The molecule has 0 spiro atoms. The fraction of sp³-hybridized carbons (Fsp3) is 0.435. The highest BCUT2D eigenvalue weighted by Crippen LogP contribution is 2.26. The van der Waals surface area contributed by atoms with Gasteiger partial charge < -0.3 is 9.80 Å². The molecule has 0 radical (unpaired) electrons. The van der Waals surface area contributed by atoms with Crippen LogP contribution in [0.2, 0.25) is 5.02 Å². The van der Waals surface area contributed by atoms with Crippen molar-refractivity contribution in [3.63, 3.8) is 0 Å². The van der Waals surface area contributed by atoms with E-state index in [1.165, 1.54) is 16.4 Å². The van der Waals surface area contributed by atoms with Crippen LogP contribution in [0.25, 0.3) is 0 Å². The molecule has 2 aliphatic rings. The Bertz CT molecular complexity index is 1060. The second-order valence-corrected chi connectivity index (χ2v) is 10.7. The van der Waals surface area contributed by atoms with Crippen molar-refractivity contribution in [2.24, 2.45) is 5.92 Å². The number of piperidine rings is 1. The number of benzene rings is 2. The molecule has 9 heteroatoms. The zero-order chi connectivity index (χ0) is 22.7. The van der Waals surface area contributed by atoms with Crippen LogP contribution in [0.3, 0.4) is 0 Å². The molecule has 0 saturated carbocycles. The van der Waals surface area contributed by atoms with Crippen molar-refractivity contribution in [3.8, 4) is 0 Å². The summed E-state index contributed by atoms with van der Waals surface area (Å²) < 4.78 is 40.6. The van der Waals surface area contributed by atoms with E-state index in [2.05, 4.69) is 4.90 Å². The number of nitrogens with zero attached hydrogens (tertiary/aromatic N) is 3. The third-order valence-corrected chi connectivity index (χ3v) is 8.37. The molecule has 2 fully saturated rings. The molecule has 32 heavy (non-hydrogen) atoms. The van der Waals surface area contributed by atoms with E-state index in [0.717, 1.165) is 5.69 Å². The maximum Gasteiger partial charge on any atom is 0.227 e. The average molecular weight is 480 g/mol. The fourth-order valence-corrected chi connectivity index (χ4v) is 6.32. The number of anilines is 1. The first-order valence-electron chi connectivity index (χ1n) is 10.8. The number of sulfonamides is 1. The maximum atomic E-state index is 13.2. The normalized spacial score (nSPS) is 20.4. The summed E-state index contributed by atoms with van der Waals surface area (Å²) in [6.07, 6.45) is 1.35. The van der Waals surface area contributed by atoms with E-state index in [1.54, 1.807) is 36.4 Å². The van der Waals surface area contributed by atoms with Gasteiger partial charge >= 0.3 is 0 Å². The Morgan fingerprint density at radius 2 is 1.69 bits per heavy atom. The molecule has 1 atom stereocenters. The smallest absolute Gasteiger partial charge is 0.227 e. The fourth-order valence-electron chi connectivity index (χ4n) is 4.40. The van der Waals surface area contributed by atoms with E-state index in [0.29, 0.717) is 56.2 Å². The number of piperazine rings is 1. The average Bonchev–Trinajstić information content (AvgIpc) is 2.81. The first-order chi connectivity index (χ1) is 15.3. The van der Waals surface area contributed by atoms with Crippen LogP contribution in [0.1, 0.15) is 18.4 Å².